The molecular weight excluding hydrogens is 294 g/mol. The highest BCUT2D eigenvalue weighted by Gasteiger charge is 2.45. The van der Waals surface area contributed by atoms with Gasteiger partial charge in [0.05, 0.1) is 5.02 Å². The van der Waals surface area contributed by atoms with Gasteiger partial charge in [-0.25, -0.2) is 0 Å². The van der Waals surface area contributed by atoms with E-state index in [1.807, 2.05) is 31.2 Å². The minimum absolute atomic E-state index is 0.301. The lowest BCUT2D eigenvalue weighted by atomic mass is 9.98. The van der Waals surface area contributed by atoms with Gasteiger partial charge in [0, 0.05) is 10.1 Å². The van der Waals surface area contributed by atoms with Crippen molar-refractivity contribution in [2.24, 2.45) is 0 Å². The summed E-state index contributed by atoms with van der Waals surface area (Å²) in [5, 5.41) is 13.8. The molecule has 2 rings (SSSR count). The van der Waals surface area contributed by atoms with Crippen LogP contribution in [-0.2, 0) is 4.79 Å². The van der Waals surface area contributed by atoms with Crippen molar-refractivity contribution in [3.63, 3.8) is 0 Å². The summed E-state index contributed by atoms with van der Waals surface area (Å²) in [5.74, 6) is -0.729. The molecule has 3 nitrogen and oxygen atoms in total. The minimum Gasteiger partial charge on any atom is -0.480 e. The summed E-state index contributed by atoms with van der Waals surface area (Å²) >= 11 is 7.86. The van der Waals surface area contributed by atoms with Gasteiger partial charge in [0.25, 0.3) is 0 Å². The molecule has 0 bridgehead atoms. The van der Waals surface area contributed by atoms with Crippen LogP contribution < -0.4 is 5.32 Å². The Morgan fingerprint density at radius 3 is 2.95 bits per heavy atom. The molecule has 2 atom stereocenters. The molecule has 5 heteroatoms. The van der Waals surface area contributed by atoms with Crippen LogP contribution in [0.4, 0.5) is 0 Å². The molecule has 110 valence electrons. The average Bonchev–Trinajstić information content (AvgIpc) is 2.84. The molecule has 2 N–H and O–H groups in total. The first kappa shape index (κ1) is 15.7. The molecule has 1 aromatic rings. The topological polar surface area (TPSA) is 49.3 Å². The minimum atomic E-state index is -0.755. The van der Waals surface area contributed by atoms with Crippen molar-refractivity contribution < 1.29 is 9.90 Å². The van der Waals surface area contributed by atoms with Gasteiger partial charge in [-0.15, -0.1) is 11.8 Å². The van der Waals surface area contributed by atoms with E-state index in [2.05, 4.69) is 5.32 Å². The van der Waals surface area contributed by atoms with Crippen molar-refractivity contribution in [1.82, 2.24) is 5.32 Å². The van der Waals surface area contributed by atoms with Gasteiger partial charge in [-0.2, -0.15) is 0 Å². The smallest absolute Gasteiger partial charge is 0.323 e. The van der Waals surface area contributed by atoms with E-state index in [-0.39, 0.29) is 0 Å². The number of benzene rings is 1. The van der Waals surface area contributed by atoms with Gasteiger partial charge in [0.15, 0.2) is 0 Å². The Labute approximate surface area is 129 Å². The summed E-state index contributed by atoms with van der Waals surface area (Å²) in [6.07, 6.45) is 3.18. The first-order valence-electron chi connectivity index (χ1n) is 6.97. The second-order valence-electron chi connectivity index (χ2n) is 5.23. The van der Waals surface area contributed by atoms with Crippen LogP contribution in [0.3, 0.4) is 0 Å². The maximum absolute atomic E-state index is 11.6. The molecule has 1 fully saturated rings. The molecule has 1 aromatic carbocycles. The van der Waals surface area contributed by atoms with Crippen LogP contribution in [-0.4, -0.2) is 28.4 Å². The molecule has 0 aliphatic heterocycles. The van der Waals surface area contributed by atoms with Gasteiger partial charge in [0.2, 0.25) is 0 Å². The van der Waals surface area contributed by atoms with E-state index in [1.54, 1.807) is 11.8 Å². The van der Waals surface area contributed by atoms with Crippen LogP contribution in [0.15, 0.2) is 29.2 Å². The van der Waals surface area contributed by atoms with E-state index < -0.39 is 11.5 Å². The third kappa shape index (κ3) is 3.48. The highest BCUT2D eigenvalue weighted by Crippen LogP contribution is 2.42. The Kier molecular flexibility index (Phi) is 5.35. The van der Waals surface area contributed by atoms with Crippen LogP contribution in [0, 0.1) is 0 Å². The Balaban J connectivity index is 2.03. The lowest BCUT2D eigenvalue weighted by Crippen LogP contribution is -2.50. The van der Waals surface area contributed by atoms with E-state index >= 15 is 0 Å². The second-order valence-corrected chi connectivity index (χ2v) is 6.98. The fraction of sp³-hybridized carbons (Fsp3) is 0.533. The van der Waals surface area contributed by atoms with E-state index in [0.717, 1.165) is 29.3 Å². The number of halogens is 1. The predicted molar refractivity (Wildman–Crippen MR) is 83.6 cm³/mol. The van der Waals surface area contributed by atoms with Crippen molar-refractivity contribution in [2.75, 3.05) is 6.54 Å². The molecule has 1 aliphatic rings. The van der Waals surface area contributed by atoms with E-state index in [1.165, 1.54) is 0 Å². The van der Waals surface area contributed by atoms with Crippen molar-refractivity contribution in [3.8, 4) is 0 Å². The Bertz CT molecular complexity index is 483. The summed E-state index contributed by atoms with van der Waals surface area (Å²) in [7, 11) is 0. The Hall–Kier alpha value is -0.710. The molecule has 1 saturated carbocycles. The summed E-state index contributed by atoms with van der Waals surface area (Å²) in [5.41, 5.74) is -0.755. The Morgan fingerprint density at radius 2 is 2.30 bits per heavy atom. The molecule has 0 radical (unpaired) electrons. The summed E-state index contributed by atoms with van der Waals surface area (Å²) in [6, 6.07) is 7.74. The maximum atomic E-state index is 11.6. The second kappa shape index (κ2) is 6.83. The Morgan fingerprint density at radius 1 is 1.55 bits per heavy atom. The number of rotatable bonds is 6. The quantitative estimate of drug-likeness (QED) is 0.838. The number of carboxylic acids is 1. The highest BCUT2D eigenvalue weighted by atomic mass is 35.5. The van der Waals surface area contributed by atoms with Gasteiger partial charge in [-0.1, -0.05) is 30.7 Å². The van der Waals surface area contributed by atoms with Crippen LogP contribution >= 0.6 is 23.4 Å². The molecule has 2 unspecified atom stereocenters. The zero-order valence-corrected chi connectivity index (χ0v) is 13.1. The number of carbonyl (C=O) groups is 1. The summed E-state index contributed by atoms with van der Waals surface area (Å²) in [4.78, 5) is 12.6. The first-order chi connectivity index (χ1) is 9.57. The number of aliphatic carboxylic acids is 1. The number of hydrogen-bond donors (Lipinski definition) is 2. The average molecular weight is 314 g/mol. The van der Waals surface area contributed by atoms with Crippen molar-refractivity contribution in [1.29, 1.82) is 0 Å². The van der Waals surface area contributed by atoms with Gasteiger partial charge in [-0.3, -0.25) is 4.79 Å². The molecule has 1 aliphatic carbocycles. The SMILES string of the molecule is CCCNC1(C(=O)O)CCC(Sc2ccccc2Cl)C1. The van der Waals surface area contributed by atoms with Crippen LogP contribution in [0.5, 0.6) is 0 Å². The molecule has 0 aromatic heterocycles. The third-order valence-corrected chi connectivity index (χ3v) is 5.51. The standard InChI is InChI=1S/C15H20ClNO2S/c1-2-9-17-15(14(18)19)8-7-11(10-15)20-13-6-4-3-5-12(13)16/h3-6,11,17H,2,7-10H2,1H3,(H,18,19). The van der Waals surface area contributed by atoms with Gasteiger partial charge in [0.1, 0.15) is 5.54 Å². The van der Waals surface area contributed by atoms with E-state index in [9.17, 15) is 9.90 Å². The molecule has 0 amide bonds. The van der Waals surface area contributed by atoms with Gasteiger partial charge >= 0.3 is 5.97 Å². The predicted octanol–water partition coefficient (Wildman–Crippen LogP) is 3.81. The van der Waals surface area contributed by atoms with Crippen LogP contribution in [0.25, 0.3) is 0 Å². The zero-order chi connectivity index (χ0) is 14.6. The number of hydrogen-bond acceptors (Lipinski definition) is 3. The fourth-order valence-corrected chi connectivity index (χ4v) is 4.19. The van der Waals surface area contributed by atoms with Crippen LogP contribution in [0.1, 0.15) is 32.6 Å². The molecule has 20 heavy (non-hydrogen) atoms. The number of nitrogens with one attached hydrogen (secondary N) is 1. The fourth-order valence-electron chi connectivity index (χ4n) is 2.62. The first-order valence-corrected chi connectivity index (χ1v) is 8.23. The zero-order valence-electron chi connectivity index (χ0n) is 11.6. The van der Waals surface area contributed by atoms with Crippen molar-refractivity contribution in [3.05, 3.63) is 29.3 Å². The monoisotopic (exact) mass is 313 g/mol. The largest absolute Gasteiger partial charge is 0.480 e. The molecular formula is C15H20ClNO2S. The van der Waals surface area contributed by atoms with E-state index in [4.69, 9.17) is 11.6 Å². The summed E-state index contributed by atoms with van der Waals surface area (Å²) < 4.78 is 0. The van der Waals surface area contributed by atoms with E-state index in [0.29, 0.717) is 18.1 Å². The summed E-state index contributed by atoms with van der Waals surface area (Å²) in [6.45, 7) is 2.79. The van der Waals surface area contributed by atoms with Crippen molar-refractivity contribution in [2.45, 2.75) is 48.3 Å². The van der Waals surface area contributed by atoms with Gasteiger partial charge < -0.3 is 10.4 Å². The third-order valence-electron chi connectivity index (χ3n) is 3.72. The normalized spacial score (nSPS) is 25.8. The lowest BCUT2D eigenvalue weighted by Gasteiger charge is -2.25. The highest BCUT2D eigenvalue weighted by molar-refractivity contribution is 8.00. The van der Waals surface area contributed by atoms with Crippen molar-refractivity contribution >= 4 is 29.3 Å². The maximum Gasteiger partial charge on any atom is 0.323 e. The van der Waals surface area contributed by atoms with Crippen LogP contribution in [0.2, 0.25) is 5.02 Å². The lowest BCUT2D eigenvalue weighted by molar-refractivity contribution is -0.144. The molecule has 0 heterocycles. The number of thioether (sulfide) groups is 1. The molecule has 0 spiro atoms. The van der Waals surface area contributed by atoms with Gasteiger partial charge in [-0.05, 0) is 44.4 Å². The number of carboxylic acid groups (broad SMARTS) is 1. The molecule has 0 saturated heterocycles.